The SMILES string of the molecule is C[C@@H](C1CC1)N(Cc1ccccc1)C(=O)c1nccc2c(S(N)(=O)=O)cccc12. The van der Waals surface area contributed by atoms with Gasteiger partial charge in [-0.2, -0.15) is 0 Å². The number of primary sulfonamides is 1. The van der Waals surface area contributed by atoms with Crippen molar-refractivity contribution in [3.05, 3.63) is 72.1 Å². The molecule has 29 heavy (non-hydrogen) atoms. The zero-order chi connectivity index (χ0) is 20.6. The van der Waals surface area contributed by atoms with Crippen molar-refractivity contribution < 1.29 is 13.2 Å². The molecular formula is C22H23N3O3S. The number of nitrogens with zero attached hydrogens (tertiary/aromatic N) is 2. The zero-order valence-corrected chi connectivity index (χ0v) is 17.0. The lowest BCUT2D eigenvalue weighted by Crippen LogP contribution is -2.39. The van der Waals surface area contributed by atoms with Crippen LogP contribution in [0, 0.1) is 5.92 Å². The predicted molar refractivity (Wildman–Crippen MR) is 112 cm³/mol. The molecule has 4 rings (SSSR count). The summed E-state index contributed by atoms with van der Waals surface area (Å²) in [6.45, 7) is 2.55. The lowest BCUT2D eigenvalue weighted by molar-refractivity contribution is 0.0650. The van der Waals surface area contributed by atoms with Gasteiger partial charge in [-0.05, 0) is 43.4 Å². The minimum atomic E-state index is -3.91. The summed E-state index contributed by atoms with van der Waals surface area (Å²) in [5.41, 5.74) is 1.29. The molecule has 7 heteroatoms. The predicted octanol–water partition coefficient (Wildman–Crippen LogP) is 3.32. The molecule has 2 aromatic carbocycles. The number of carbonyl (C=O) groups is 1. The molecule has 0 radical (unpaired) electrons. The third-order valence-corrected chi connectivity index (χ3v) is 6.50. The molecule has 0 aliphatic heterocycles. The number of nitrogens with two attached hydrogens (primary N) is 1. The molecule has 2 N–H and O–H groups in total. The molecule has 0 spiro atoms. The maximum absolute atomic E-state index is 13.6. The highest BCUT2D eigenvalue weighted by molar-refractivity contribution is 7.89. The molecule has 0 saturated heterocycles. The van der Waals surface area contributed by atoms with E-state index in [0.29, 0.717) is 23.2 Å². The van der Waals surface area contributed by atoms with Crippen molar-refractivity contribution in [2.45, 2.75) is 37.2 Å². The summed E-state index contributed by atoms with van der Waals surface area (Å²) >= 11 is 0. The van der Waals surface area contributed by atoms with Crippen molar-refractivity contribution in [3.8, 4) is 0 Å². The molecule has 150 valence electrons. The fourth-order valence-electron chi connectivity index (χ4n) is 3.75. The molecule has 1 saturated carbocycles. The fraction of sp³-hybridized carbons (Fsp3) is 0.273. The number of benzene rings is 2. The topological polar surface area (TPSA) is 93.4 Å². The first-order valence-electron chi connectivity index (χ1n) is 9.61. The molecule has 6 nitrogen and oxygen atoms in total. The molecule has 0 unspecified atom stereocenters. The van der Waals surface area contributed by atoms with E-state index >= 15 is 0 Å². The lowest BCUT2D eigenvalue weighted by atomic mass is 10.1. The van der Waals surface area contributed by atoms with E-state index < -0.39 is 10.0 Å². The van der Waals surface area contributed by atoms with Gasteiger partial charge in [0.05, 0.1) is 4.90 Å². The van der Waals surface area contributed by atoms with E-state index in [-0.39, 0.29) is 22.5 Å². The standard InChI is InChI=1S/C22H23N3O3S/c1-15(17-10-11-17)25(14-16-6-3-2-4-7-16)22(26)21-19-8-5-9-20(29(23,27)28)18(19)12-13-24-21/h2-9,12-13,15,17H,10-11,14H2,1H3,(H2,23,27,28)/t15-/m0/s1. The molecule has 1 heterocycles. The summed E-state index contributed by atoms with van der Waals surface area (Å²) in [4.78, 5) is 19.8. The van der Waals surface area contributed by atoms with Crippen LogP contribution in [0.15, 0.2) is 65.7 Å². The third-order valence-electron chi connectivity index (χ3n) is 5.53. The van der Waals surface area contributed by atoms with Crippen molar-refractivity contribution in [1.29, 1.82) is 0 Å². The summed E-state index contributed by atoms with van der Waals surface area (Å²) in [5, 5.41) is 6.26. The van der Waals surface area contributed by atoms with E-state index in [2.05, 4.69) is 11.9 Å². The van der Waals surface area contributed by atoms with Crippen LogP contribution >= 0.6 is 0 Å². The van der Waals surface area contributed by atoms with Crippen LogP contribution in [0.3, 0.4) is 0 Å². The summed E-state index contributed by atoms with van der Waals surface area (Å²) in [7, 11) is -3.91. The summed E-state index contributed by atoms with van der Waals surface area (Å²) in [6.07, 6.45) is 3.68. The average molecular weight is 410 g/mol. The van der Waals surface area contributed by atoms with Crippen LogP contribution in [-0.4, -0.2) is 30.3 Å². The van der Waals surface area contributed by atoms with Crippen molar-refractivity contribution in [3.63, 3.8) is 0 Å². The van der Waals surface area contributed by atoms with Gasteiger partial charge in [-0.15, -0.1) is 0 Å². The van der Waals surface area contributed by atoms with E-state index in [4.69, 9.17) is 5.14 Å². The molecule has 1 aromatic heterocycles. The number of fused-ring (bicyclic) bond motifs is 1. The molecule has 1 amide bonds. The van der Waals surface area contributed by atoms with Gasteiger partial charge >= 0.3 is 0 Å². The minimum Gasteiger partial charge on any atom is -0.330 e. The Kier molecular flexibility index (Phi) is 5.10. The first-order chi connectivity index (χ1) is 13.9. The van der Waals surface area contributed by atoms with Gasteiger partial charge in [0, 0.05) is 29.6 Å². The normalized spacial score (nSPS) is 15.2. The molecule has 3 aromatic rings. The van der Waals surface area contributed by atoms with Crippen molar-refractivity contribution in [2.75, 3.05) is 0 Å². The van der Waals surface area contributed by atoms with E-state index in [1.165, 1.54) is 12.3 Å². The van der Waals surface area contributed by atoms with Gasteiger partial charge < -0.3 is 4.90 Å². The van der Waals surface area contributed by atoms with E-state index in [0.717, 1.165) is 18.4 Å². The second-order valence-corrected chi connectivity index (χ2v) is 9.08. The van der Waals surface area contributed by atoms with Crippen LogP contribution in [0.2, 0.25) is 0 Å². The number of hydrogen-bond donors (Lipinski definition) is 1. The fourth-order valence-corrected chi connectivity index (χ4v) is 4.50. The Hall–Kier alpha value is -2.77. The molecule has 1 fully saturated rings. The Morgan fingerprint density at radius 2 is 1.83 bits per heavy atom. The number of pyridine rings is 1. The van der Waals surface area contributed by atoms with Gasteiger partial charge in [-0.1, -0.05) is 42.5 Å². The average Bonchev–Trinajstić information content (AvgIpc) is 3.55. The van der Waals surface area contributed by atoms with E-state index in [1.54, 1.807) is 18.2 Å². The van der Waals surface area contributed by atoms with Crippen LogP contribution in [0.25, 0.3) is 10.8 Å². The van der Waals surface area contributed by atoms with Gasteiger partial charge in [0.15, 0.2) is 0 Å². The molecule has 1 atom stereocenters. The number of rotatable bonds is 6. The minimum absolute atomic E-state index is 0.00343. The van der Waals surface area contributed by atoms with Gasteiger partial charge in [0.1, 0.15) is 5.69 Å². The smallest absolute Gasteiger partial charge is 0.273 e. The Morgan fingerprint density at radius 3 is 2.48 bits per heavy atom. The largest absolute Gasteiger partial charge is 0.330 e. The number of amides is 1. The van der Waals surface area contributed by atoms with Crippen molar-refractivity contribution >= 4 is 26.7 Å². The first-order valence-corrected chi connectivity index (χ1v) is 11.2. The van der Waals surface area contributed by atoms with Crippen molar-refractivity contribution in [1.82, 2.24) is 9.88 Å². The summed E-state index contributed by atoms with van der Waals surface area (Å²) < 4.78 is 23.9. The molecular weight excluding hydrogens is 386 g/mol. The summed E-state index contributed by atoms with van der Waals surface area (Å²) in [5.74, 6) is 0.281. The Balaban J connectivity index is 1.79. The molecule has 1 aliphatic carbocycles. The lowest BCUT2D eigenvalue weighted by Gasteiger charge is -2.29. The van der Waals surface area contributed by atoms with Crippen LogP contribution in [0.5, 0.6) is 0 Å². The Labute approximate surface area is 170 Å². The van der Waals surface area contributed by atoms with Gasteiger partial charge in [-0.3, -0.25) is 9.78 Å². The third kappa shape index (κ3) is 4.02. The second kappa shape index (κ2) is 7.57. The quantitative estimate of drug-likeness (QED) is 0.676. The molecule has 1 aliphatic rings. The highest BCUT2D eigenvalue weighted by Gasteiger charge is 2.35. The number of carbonyl (C=O) groups excluding carboxylic acids is 1. The number of hydrogen-bond acceptors (Lipinski definition) is 4. The maximum atomic E-state index is 13.6. The molecule has 0 bridgehead atoms. The van der Waals surface area contributed by atoms with Crippen LogP contribution in [-0.2, 0) is 16.6 Å². The van der Waals surface area contributed by atoms with Crippen LogP contribution < -0.4 is 5.14 Å². The van der Waals surface area contributed by atoms with Gasteiger partial charge in [-0.25, -0.2) is 13.6 Å². The first kappa shape index (κ1) is 19.5. The summed E-state index contributed by atoms with van der Waals surface area (Å²) in [6, 6.07) is 16.2. The van der Waals surface area contributed by atoms with E-state index in [1.807, 2.05) is 35.2 Å². The van der Waals surface area contributed by atoms with Gasteiger partial charge in [0.2, 0.25) is 10.0 Å². The number of aromatic nitrogens is 1. The maximum Gasteiger partial charge on any atom is 0.273 e. The highest BCUT2D eigenvalue weighted by Crippen LogP contribution is 2.36. The van der Waals surface area contributed by atoms with Crippen molar-refractivity contribution in [2.24, 2.45) is 11.1 Å². The van der Waals surface area contributed by atoms with E-state index in [9.17, 15) is 13.2 Å². The van der Waals surface area contributed by atoms with Gasteiger partial charge in [0.25, 0.3) is 5.91 Å². The monoisotopic (exact) mass is 409 g/mol. The Morgan fingerprint density at radius 1 is 1.10 bits per heavy atom. The Bertz CT molecular complexity index is 1160. The number of sulfonamides is 1. The van der Waals surface area contributed by atoms with Crippen LogP contribution in [0.4, 0.5) is 0 Å². The zero-order valence-electron chi connectivity index (χ0n) is 16.2. The highest BCUT2D eigenvalue weighted by atomic mass is 32.2. The van der Waals surface area contributed by atoms with Crippen LogP contribution in [0.1, 0.15) is 35.8 Å². The second-order valence-electron chi connectivity index (χ2n) is 7.55.